The van der Waals surface area contributed by atoms with Crippen LogP contribution in [0.5, 0.6) is 5.75 Å². The molecule has 2 aliphatic heterocycles. The Morgan fingerprint density at radius 2 is 2.00 bits per heavy atom. The van der Waals surface area contributed by atoms with Gasteiger partial charge in [0, 0.05) is 23.3 Å². The van der Waals surface area contributed by atoms with Gasteiger partial charge >= 0.3 is 0 Å². The van der Waals surface area contributed by atoms with Gasteiger partial charge in [0.2, 0.25) is 11.5 Å². The Morgan fingerprint density at radius 1 is 1.27 bits per heavy atom. The summed E-state index contributed by atoms with van der Waals surface area (Å²) in [6, 6.07) is 11.3. The third kappa shape index (κ3) is 1.67. The van der Waals surface area contributed by atoms with E-state index in [1.54, 1.807) is 18.2 Å². The van der Waals surface area contributed by atoms with Crippen molar-refractivity contribution in [2.24, 2.45) is 0 Å². The van der Waals surface area contributed by atoms with Gasteiger partial charge in [-0.3, -0.25) is 20.2 Å². The molecule has 1 fully saturated rings. The summed E-state index contributed by atoms with van der Waals surface area (Å²) >= 11 is 0. The van der Waals surface area contributed by atoms with Crippen LogP contribution >= 0.6 is 0 Å². The summed E-state index contributed by atoms with van der Waals surface area (Å²) in [5, 5.41) is 13.9. The summed E-state index contributed by atoms with van der Waals surface area (Å²) in [5.41, 5.74) is 1.18. The minimum atomic E-state index is -1.10. The molecule has 4 rings (SSSR count). The molecule has 0 amide bonds. The predicted molar refractivity (Wildman–Crippen MR) is 77.8 cm³/mol. The van der Waals surface area contributed by atoms with Crippen molar-refractivity contribution in [3.05, 3.63) is 69.3 Å². The van der Waals surface area contributed by atoms with Crippen LogP contribution in [0.15, 0.2) is 42.5 Å². The average molecular weight is 296 g/mol. The molecule has 0 aliphatic carbocycles. The van der Waals surface area contributed by atoms with Crippen molar-refractivity contribution >= 4 is 11.5 Å². The van der Waals surface area contributed by atoms with E-state index in [4.69, 9.17) is 4.74 Å². The lowest BCUT2D eigenvalue weighted by molar-refractivity contribution is -0.384. The molecular formula is C16H12N2O4. The maximum atomic E-state index is 12.7. The second-order valence-electron chi connectivity index (χ2n) is 5.59. The van der Waals surface area contributed by atoms with Gasteiger partial charge in [0.05, 0.1) is 4.92 Å². The first-order valence-corrected chi connectivity index (χ1v) is 6.88. The van der Waals surface area contributed by atoms with Gasteiger partial charge < -0.3 is 4.74 Å². The number of fused-ring (bicyclic) bond motifs is 3. The van der Waals surface area contributed by atoms with E-state index in [-0.39, 0.29) is 17.5 Å². The Kier molecular flexibility index (Phi) is 2.44. The van der Waals surface area contributed by atoms with E-state index in [0.29, 0.717) is 16.9 Å². The van der Waals surface area contributed by atoms with E-state index in [0.717, 1.165) is 5.56 Å². The molecule has 6 heteroatoms. The van der Waals surface area contributed by atoms with Crippen molar-refractivity contribution in [3.8, 4) is 5.75 Å². The summed E-state index contributed by atoms with van der Waals surface area (Å²) in [5.74, 6) is 0.367. The van der Waals surface area contributed by atoms with Crippen LogP contribution in [0.3, 0.4) is 0 Å². The minimum absolute atomic E-state index is 0.00497. The van der Waals surface area contributed by atoms with Gasteiger partial charge in [-0.05, 0) is 13.0 Å². The SMILES string of the molecule is Cc1ccc(C(=O)[C@]23N[C@H]2c2cc([N+](=O)[O-])ccc2O3)cc1. The van der Waals surface area contributed by atoms with Crippen molar-refractivity contribution in [1.82, 2.24) is 5.32 Å². The topological polar surface area (TPSA) is 91.4 Å². The summed E-state index contributed by atoms with van der Waals surface area (Å²) in [6.07, 6.45) is 0. The van der Waals surface area contributed by atoms with Gasteiger partial charge in [-0.15, -0.1) is 0 Å². The summed E-state index contributed by atoms with van der Waals surface area (Å²) in [6.45, 7) is 1.95. The van der Waals surface area contributed by atoms with Crippen molar-refractivity contribution in [2.45, 2.75) is 18.7 Å². The fraction of sp³-hybridized carbons (Fsp3) is 0.188. The molecule has 2 aromatic rings. The van der Waals surface area contributed by atoms with Crippen LogP contribution in [0, 0.1) is 17.0 Å². The predicted octanol–water partition coefficient (Wildman–Crippen LogP) is 2.52. The molecule has 2 heterocycles. The third-order valence-electron chi connectivity index (χ3n) is 4.12. The number of carbonyl (C=O) groups excluding carboxylic acids is 1. The van der Waals surface area contributed by atoms with Crippen molar-refractivity contribution < 1.29 is 14.5 Å². The van der Waals surface area contributed by atoms with Crippen molar-refractivity contribution in [2.75, 3.05) is 0 Å². The molecule has 2 atom stereocenters. The number of nitrogens with zero attached hydrogens (tertiary/aromatic N) is 1. The van der Waals surface area contributed by atoms with E-state index in [2.05, 4.69) is 5.32 Å². The number of rotatable bonds is 3. The zero-order valence-electron chi connectivity index (χ0n) is 11.7. The number of non-ortho nitro benzene ring substituents is 1. The minimum Gasteiger partial charge on any atom is -0.463 e. The van der Waals surface area contributed by atoms with Gasteiger partial charge in [0.1, 0.15) is 11.8 Å². The molecule has 0 unspecified atom stereocenters. The molecule has 6 nitrogen and oxygen atoms in total. The van der Waals surface area contributed by atoms with Gasteiger partial charge in [-0.25, -0.2) is 0 Å². The number of aryl methyl sites for hydroxylation is 1. The Labute approximate surface area is 125 Å². The molecular weight excluding hydrogens is 284 g/mol. The third-order valence-corrected chi connectivity index (χ3v) is 4.12. The maximum absolute atomic E-state index is 12.7. The lowest BCUT2D eigenvalue weighted by Crippen LogP contribution is -2.33. The Hall–Kier alpha value is -2.73. The number of nitro benzene ring substituents is 1. The Morgan fingerprint density at radius 3 is 2.68 bits per heavy atom. The van der Waals surface area contributed by atoms with Crippen LogP contribution in [-0.4, -0.2) is 16.4 Å². The monoisotopic (exact) mass is 296 g/mol. The molecule has 0 bridgehead atoms. The molecule has 0 spiro atoms. The zero-order chi connectivity index (χ0) is 15.5. The number of ketones is 1. The van der Waals surface area contributed by atoms with Crippen LogP contribution in [0.2, 0.25) is 0 Å². The molecule has 1 N–H and O–H groups in total. The number of Topliss-reactive ketones (excluding diaryl/α,β-unsaturated/α-hetero) is 1. The van der Waals surface area contributed by atoms with Crippen LogP contribution < -0.4 is 10.1 Å². The number of ether oxygens (including phenoxy) is 1. The lowest BCUT2D eigenvalue weighted by Gasteiger charge is -2.12. The molecule has 2 aliphatic rings. The number of benzene rings is 2. The standard InChI is InChI=1S/C16H12N2O4/c1-9-2-4-10(5-3-9)15(19)16-14(17-16)12-8-11(18(20)21)6-7-13(12)22-16/h2-8,14,17H,1H3/t14-,16-/m0/s1. The van der Waals surface area contributed by atoms with Gasteiger partial charge in [-0.1, -0.05) is 29.8 Å². The Balaban J connectivity index is 1.68. The van der Waals surface area contributed by atoms with E-state index in [9.17, 15) is 14.9 Å². The van der Waals surface area contributed by atoms with Crippen LogP contribution in [0.25, 0.3) is 0 Å². The molecule has 1 saturated heterocycles. The van der Waals surface area contributed by atoms with E-state index >= 15 is 0 Å². The lowest BCUT2D eigenvalue weighted by atomic mass is 10.0. The summed E-state index contributed by atoms with van der Waals surface area (Å²) < 4.78 is 5.77. The molecule has 22 heavy (non-hydrogen) atoms. The van der Waals surface area contributed by atoms with Crippen molar-refractivity contribution in [3.63, 3.8) is 0 Å². The number of hydrogen-bond acceptors (Lipinski definition) is 5. The van der Waals surface area contributed by atoms with Gasteiger partial charge in [0.15, 0.2) is 0 Å². The number of nitrogens with one attached hydrogen (secondary N) is 1. The van der Waals surface area contributed by atoms with E-state index in [1.165, 1.54) is 12.1 Å². The van der Waals surface area contributed by atoms with Crippen molar-refractivity contribution in [1.29, 1.82) is 0 Å². The number of hydrogen-bond donors (Lipinski definition) is 1. The van der Waals surface area contributed by atoms with Gasteiger partial charge in [0.25, 0.3) is 5.69 Å². The molecule has 110 valence electrons. The fourth-order valence-corrected chi connectivity index (χ4v) is 2.86. The Bertz CT molecular complexity index is 815. The highest BCUT2D eigenvalue weighted by molar-refractivity contribution is 6.06. The first-order valence-electron chi connectivity index (χ1n) is 6.88. The highest BCUT2D eigenvalue weighted by Gasteiger charge is 2.68. The second-order valence-corrected chi connectivity index (χ2v) is 5.59. The highest BCUT2D eigenvalue weighted by Crippen LogP contribution is 2.54. The fourth-order valence-electron chi connectivity index (χ4n) is 2.86. The van der Waals surface area contributed by atoms with E-state index < -0.39 is 10.6 Å². The molecule has 0 saturated carbocycles. The normalized spacial score (nSPS) is 24.1. The van der Waals surface area contributed by atoms with Crippen LogP contribution in [0.1, 0.15) is 27.5 Å². The number of nitro groups is 1. The molecule has 2 aromatic carbocycles. The number of carbonyl (C=O) groups is 1. The zero-order valence-corrected chi connectivity index (χ0v) is 11.7. The first-order chi connectivity index (χ1) is 10.5. The summed E-state index contributed by atoms with van der Waals surface area (Å²) in [4.78, 5) is 23.1. The van der Waals surface area contributed by atoms with E-state index in [1.807, 2.05) is 19.1 Å². The summed E-state index contributed by atoms with van der Waals surface area (Å²) in [7, 11) is 0. The first kappa shape index (κ1) is 13.0. The molecule has 0 radical (unpaired) electrons. The highest BCUT2D eigenvalue weighted by atomic mass is 16.6. The molecule has 0 aromatic heterocycles. The maximum Gasteiger partial charge on any atom is 0.270 e. The smallest absolute Gasteiger partial charge is 0.270 e. The second kappa shape index (κ2) is 4.14. The largest absolute Gasteiger partial charge is 0.463 e. The van der Waals surface area contributed by atoms with Gasteiger partial charge in [-0.2, -0.15) is 0 Å². The van der Waals surface area contributed by atoms with Crippen LogP contribution in [0.4, 0.5) is 5.69 Å². The average Bonchev–Trinajstić information content (AvgIpc) is 3.15. The quantitative estimate of drug-likeness (QED) is 0.406. The van der Waals surface area contributed by atoms with Crippen LogP contribution in [-0.2, 0) is 0 Å².